The second-order valence-corrected chi connectivity index (χ2v) is 18.5. The number of pyridine rings is 2. The van der Waals surface area contributed by atoms with Crippen LogP contribution in [0.25, 0.3) is 21.8 Å². The Morgan fingerprint density at radius 3 is 2.26 bits per heavy atom. The Labute approximate surface area is 345 Å². The van der Waals surface area contributed by atoms with Gasteiger partial charge < -0.3 is 20.4 Å². The van der Waals surface area contributed by atoms with Crippen LogP contribution in [-0.4, -0.2) is 95.0 Å². The maximum absolute atomic E-state index is 5.17. The molecule has 6 aromatic heterocycles. The Morgan fingerprint density at radius 1 is 0.792 bits per heavy atom. The van der Waals surface area contributed by atoms with Gasteiger partial charge in [0, 0.05) is 142 Å². The van der Waals surface area contributed by atoms with Crippen molar-refractivity contribution in [3.63, 3.8) is 0 Å². The second kappa shape index (κ2) is 16.8. The lowest BCUT2D eigenvalue weighted by Crippen LogP contribution is -2.45. The van der Waals surface area contributed by atoms with Crippen molar-refractivity contribution in [2.45, 2.75) is 38.6 Å². The second-order valence-electron chi connectivity index (χ2n) is 13.6. The standard InChI is InChI=1S/C37H42I2N12S2/c1-24(2)29-20-28-31(22-43-29)45-37(47-35(28)42-11-7-25-4-3-19-52-25)49-15-18-51(39)32(23-49)33-6-5-26(53-33)8-12-41-34-27-9-10-40-21-30(27)44-36(46-34)48-13-16-50(38)17-14-48/h3-6,9-10,19-22,24,32H,7-8,11-18,23H2,1-2H3,(H,41,44,46)(H,42,45,47). The van der Waals surface area contributed by atoms with Crippen molar-refractivity contribution in [1.29, 1.82) is 0 Å². The third-order valence-electron chi connectivity index (χ3n) is 9.69. The SMILES string of the molecule is CC(C)c1cc2c(NCCc3cccs3)nc(N3CCN(I)C(c4ccc(CCNc5nc(N6CCN(I)CC6)nc6cnccc56)s4)C3)nc2cn1. The van der Waals surface area contributed by atoms with Gasteiger partial charge in [-0.1, -0.05) is 19.9 Å². The van der Waals surface area contributed by atoms with E-state index in [2.05, 4.69) is 127 Å². The molecule has 2 fully saturated rings. The molecule has 0 saturated carbocycles. The van der Waals surface area contributed by atoms with Crippen LogP contribution in [0.3, 0.4) is 0 Å². The molecule has 1 atom stereocenters. The zero-order valence-corrected chi connectivity index (χ0v) is 35.7. The molecule has 0 aromatic carbocycles. The number of anilines is 4. The van der Waals surface area contributed by atoms with E-state index >= 15 is 0 Å². The molecular weight excluding hydrogens is 930 g/mol. The van der Waals surface area contributed by atoms with Gasteiger partial charge in [-0.05, 0) is 54.5 Å². The predicted octanol–water partition coefficient (Wildman–Crippen LogP) is 7.60. The van der Waals surface area contributed by atoms with Crippen molar-refractivity contribution in [3.05, 3.63) is 80.7 Å². The number of nitrogens with one attached hydrogen (secondary N) is 2. The van der Waals surface area contributed by atoms with Crippen LogP contribution in [-0.2, 0) is 12.8 Å². The Balaban J connectivity index is 0.961. The molecule has 276 valence electrons. The molecule has 2 aliphatic rings. The number of thiophene rings is 2. The van der Waals surface area contributed by atoms with Crippen LogP contribution in [0, 0.1) is 0 Å². The van der Waals surface area contributed by atoms with Gasteiger partial charge >= 0.3 is 0 Å². The van der Waals surface area contributed by atoms with Crippen molar-refractivity contribution in [3.8, 4) is 0 Å². The highest BCUT2D eigenvalue weighted by Gasteiger charge is 2.30. The van der Waals surface area contributed by atoms with E-state index in [1.54, 1.807) is 11.3 Å². The Bertz CT molecular complexity index is 2160. The van der Waals surface area contributed by atoms with E-state index < -0.39 is 0 Å². The third-order valence-corrected chi connectivity index (χ3v) is 14.0. The van der Waals surface area contributed by atoms with E-state index in [4.69, 9.17) is 24.9 Å². The number of nitrogens with zero attached hydrogens (tertiary/aromatic N) is 10. The number of aromatic nitrogens is 6. The van der Waals surface area contributed by atoms with Crippen molar-refractivity contribution < 1.29 is 0 Å². The number of piperazine rings is 2. The zero-order valence-electron chi connectivity index (χ0n) is 29.8. The number of fused-ring (bicyclic) bond motifs is 2. The average molecular weight is 973 g/mol. The topological polar surface area (TPSA) is 114 Å². The lowest BCUT2D eigenvalue weighted by atomic mass is 10.1. The molecule has 0 amide bonds. The van der Waals surface area contributed by atoms with E-state index in [-0.39, 0.29) is 6.04 Å². The van der Waals surface area contributed by atoms with Crippen LogP contribution in [0.4, 0.5) is 23.5 Å². The quantitative estimate of drug-likeness (QED) is 0.0931. The molecule has 2 N–H and O–H groups in total. The van der Waals surface area contributed by atoms with Crippen LogP contribution >= 0.6 is 68.4 Å². The first kappa shape index (κ1) is 36.9. The van der Waals surface area contributed by atoms with Crippen molar-refractivity contribution in [1.82, 2.24) is 36.1 Å². The zero-order chi connectivity index (χ0) is 36.3. The summed E-state index contributed by atoms with van der Waals surface area (Å²) >= 11 is 8.57. The Morgan fingerprint density at radius 2 is 1.51 bits per heavy atom. The minimum absolute atomic E-state index is 0.232. The fraction of sp³-hybridized carbons (Fsp3) is 0.405. The molecule has 53 heavy (non-hydrogen) atoms. The highest BCUT2D eigenvalue weighted by Crippen LogP contribution is 2.36. The molecule has 1 unspecified atom stereocenters. The molecule has 2 aliphatic heterocycles. The highest BCUT2D eigenvalue weighted by atomic mass is 127. The van der Waals surface area contributed by atoms with Gasteiger partial charge in [0.25, 0.3) is 0 Å². The summed E-state index contributed by atoms with van der Waals surface area (Å²) in [4.78, 5) is 37.9. The number of rotatable bonds is 12. The van der Waals surface area contributed by atoms with E-state index in [1.807, 2.05) is 36.0 Å². The number of hydrogen-bond acceptors (Lipinski definition) is 14. The molecule has 0 aliphatic carbocycles. The lowest BCUT2D eigenvalue weighted by molar-refractivity contribution is 0.352. The van der Waals surface area contributed by atoms with Gasteiger partial charge in [0.2, 0.25) is 11.9 Å². The molecule has 0 bridgehead atoms. The summed E-state index contributed by atoms with van der Waals surface area (Å²) < 4.78 is 4.74. The fourth-order valence-electron chi connectivity index (χ4n) is 6.70. The maximum atomic E-state index is 5.17. The van der Waals surface area contributed by atoms with Crippen LogP contribution in [0.5, 0.6) is 0 Å². The molecular formula is C37H42I2N12S2. The smallest absolute Gasteiger partial charge is 0.228 e. The molecule has 16 heteroatoms. The van der Waals surface area contributed by atoms with Crippen molar-refractivity contribution >= 4 is 114 Å². The summed E-state index contributed by atoms with van der Waals surface area (Å²) in [6.45, 7) is 12.3. The first-order valence-electron chi connectivity index (χ1n) is 18.1. The van der Waals surface area contributed by atoms with Gasteiger partial charge in [0.15, 0.2) is 0 Å². The summed E-state index contributed by atoms with van der Waals surface area (Å²) in [6, 6.07) is 13.3. The largest absolute Gasteiger partial charge is 0.369 e. The van der Waals surface area contributed by atoms with Crippen molar-refractivity contribution in [2.24, 2.45) is 0 Å². The van der Waals surface area contributed by atoms with Crippen LogP contribution in [0.2, 0.25) is 0 Å². The maximum Gasteiger partial charge on any atom is 0.228 e. The van der Waals surface area contributed by atoms with E-state index in [0.717, 1.165) is 123 Å². The summed E-state index contributed by atoms with van der Waals surface area (Å²) in [6.07, 6.45) is 7.42. The van der Waals surface area contributed by atoms with Crippen LogP contribution < -0.4 is 20.4 Å². The highest BCUT2D eigenvalue weighted by molar-refractivity contribution is 14.1. The fourth-order valence-corrected chi connectivity index (χ4v) is 9.83. The summed E-state index contributed by atoms with van der Waals surface area (Å²) in [5.74, 6) is 3.61. The van der Waals surface area contributed by atoms with E-state index in [0.29, 0.717) is 5.92 Å². The Kier molecular flexibility index (Phi) is 11.7. The molecule has 2 saturated heterocycles. The normalized spacial score (nSPS) is 17.3. The molecule has 12 nitrogen and oxygen atoms in total. The summed E-state index contributed by atoms with van der Waals surface area (Å²) in [5.41, 5.74) is 2.79. The van der Waals surface area contributed by atoms with Gasteiger partial charge in [-0.2, -0.15) is 9.97 Å². The van der Waals surface area contributed by atoms with Gasteiger partial charge in [0.1, 0.15) is 11.6 Å². The first-order valence-corrected chi connectivity index (χ1v) is 21.7. The third kappa shape index (κ3) is 8.61. The monoisotopic (exact) mass is 972 g/mol. The van der Waals surface area contributed by atoms with E-state index in [9.17, 15) is 0 Å². The van der Waals surface area contributed by atoms with Crippen LogP contribution in [0.15, 0.2) is 60.4 Å². The molecule has 8 rings (SSSR count). The van der Waals surface area contributed by atoms with Gasteiger partial charge in [-0.25, -0.2) is 16.2 Å². The molecule has 6 aromatic rings. The van der Waals surface area contributed by atoms with E-state index in [1.165, 1.54) is 14.6 Å². The van der Waals surface area contributed by atoms with Gasteiger partial charge in [-0.15, -0.1) is 22.7 Å². The average Bonchev–Trinajstić information content (AvgIpc) is 3.88. The Hall–Kier alpha value is -3.04. The predicted molar refractivity (Wildman–Crippen MR) is 235 cm³/mol. The summed E-state index contributed by atoms with van der Waals surface area (Å²) in [7, 11) is 0. The first-order chi connectivity index (χ1) is 25.9. The molecule has 0 radical (unpaired) electrons. The van der Waals surface area contributed by atoms with Gasteiger partial charge in [-0.3, -0.25) is 9.97 Å². The number of hydrogen-bond donors (Lipinski definition) is 2. The lowest BCUT2D eigenvalue weighted by Gasteiger charge is -2.37. The molecule has 0 spiro atoms. The van der Waals surface area contributed by atoms with Gasteiger partial charge in [0.05, 0.1) is 29.5 Å². The minimum atomic E-state index is 0.232. The van der Waals surface area contributed by atoms with Crippen molar-refractivity contribution in [2.75, 3.05) is 79.3 Å². The summed E-state index contributed by atoms with van der Waals surface area (Å²) in [5, 5.41) is 11.5. The minimum Gasteiger partial charge on any atom is -0.369 e. The number of halogens is 2. The molecule has 8 heterocycles. The van der Waals surface area contributed by atoms with Crippen LogP contribution in [0.1, 0.15) is 46.1 Å².